The second-order valence-electron chi connectivity index (χ2n) is 4.81. The van der Waals surface area contributed by atoms with Crippen molar-refractivity contribution in [3.05, 3.63) is 53.1 Å². The number of rotatable bonds is 5. The third kappa shape index (κ3) is 3.33. The summed E-state index contributed by atoms with van der Waals surface area (Å²) in [6.07, 6.45) is 4.99. The molecule has 0 aliphatic rings. The van der Waals surface area contributed by atoms with E-state index >= 15 is 0 Å². The molecule has 0 amide bonds. The lowest BCUT2D eigenvalue weighted by Gasteiger charge is -2.06. The smallest absolute Gasteiger partial charge is 0.216 e. The summed E-state index contributed by atoms with van der Waals surface area (Å²) in [5.41, 5.74) is 1.55. The summed E-state index contributed by atoms with van der Waals surface area (Å²) >= 11 is 5.22. The van der Waals surface area contributed by atoms with Crippen LogP contribution in [0.4, 0.5) is 0 Å². The number of phenolic OH excluding ortho intramolecular Hbond substituents is 1. The van der Waals surface area contributed by atoms with Gasteiger partial charge in [-0.3, -0.25) is 4.98 Å². The van der Waals surface area contributed by atoms with Crippen molar-refractivity contribution in [3.63, 3.8) is 0 Å². The molecule has 2 N–H and O–H groups in total. The van der Waals surface area contributed by atoms with Gasteiger partial charge in [0.1, 0.15) is 0 Å². The number of nitrogens with zero attached hydrogens (tertiary/aromatic N) is 4. The van der Waals surface area contributed by atoms with Crippen molar-refractivity contribution in [2.75, 3.05) is 6.61 Å². The molecule has 0 spiro atoms. The van der Waals surface area contributed by atoms with Crippen molar-refractivity contribution >= 4 is 18.4 Å². The Kier molecular flexibility index (Phi) is 4.66. The predicted molar refractivity (Wildman–Crippen MR) is 92.9 cm³/mol. The summed E-state index contributed by atoms with van der Waals surface area (Å²) in [5, 5.41) is 21.0. The first-order valence-electron chi connectivity index (χ1n) is 7.27. The van der Waals surface area contributed by atoms with E-state index in [0.29, 0.717) is 23.0 Å². The van der Waals surface area contributed by atoms with Gasteiger partial charge in [0.2, 0.25) is 4.77 Å². The van der Waals surface area contributed by atoms with Crippen molar-refractivity contribution in [1.29, 1.82) is 0 Å². The molecule has 0 radical (unpaired) electrons. The van der Waals surface area contributed by atoms with Crippen molar-refractivity contribution in [1.82, 2.24) is 19.9 Å². The van der Waals surface area contributed by atoms with Gasteiger partial charge >= 0.3 is 0 Å². The second kappa shape index (κ2) is 7.05. The molecule has 0 fully saturated rings. The van der Waals surface area contributed by atoms with Crippen molar-refractivity contribution in [3.8, 4) is 22.9 Å². The van der Waals surface area contributed by atoms with Crippen molar-refractivity contribution in [2.24, 2.45) is 5.10 Å². The van der Waals surface area contributed by atoms with Crippen molar-refractivity contribution in [2.45, 2.75) is 6.92 Å². The normalized spacial score (nSPS) is 11.0. The summed E-state index contributed by atoms with van der Waals surface area (Å²) in [6.45, 7) is 2.32. The van der Waals surface area contributed by atoms with Gasteiger partial charge in [0.25, 0.3) is 0 Å². The Bertz CT molecular complexity index is 918. The largest absolute Gasteiger partial charge is 0.504 e. The molecule has 3 rings (SSSR count). The van der Waals surface area contributed by atoms with Gasteiger partial charge < -0.3 is 9.84 Å². The van der Waals surface area contributed by atoms with Crippen LogP contribution in [0, 0.1) is 4.77 Å². The molecule has 0 aliphatic carbocycles. The Morgan fingerprint density at radius 1 is 1.42 bits per heavy atom. The molecule has 0 unspecified atom stereocenters. The molecular formula is C16H15N5O2S. The number of phenols is 1. The SMILES string of the molecule is CCOc1cc(/C=N\n2c(-c3cccnc3)n[nH]c2=S)ccc1O. The maximum absolute atomic E-state index is 9.74. The van der Waals surface area contributed by atoms with E-state index in [2.05, 4.69) is 20.3 Å². The fraction of sp³-hybridized carbons (Fsp3) is 0.125. The average Bonchev–Trinajstić information content (AvgIpc) is 2.97. The second-order valence-corrected chi connectivity index (χ2v) is 5.20. The van der Waals surface area contributed by atoms with Gasteiger partial charge in [-0.1, -0.05) is 0 Å². The molecule has 1 aromatic carbocycles. The predicted octanol–water partition coefficient (Wildman–Crippen LogP) is 2.99. The van der Waals surface area contributed by atoms with E-state index in [-0.39, 0.29) is 5.75 Å². The number of pyridine rings is 1. The highest BCUT2D eigenvalue weighted by Gasteiger charge is 2.08. The molecule has 0 aliphatic heterocycles. The van der Waals surface area contributed by atoms with Crippen LogP contribution in [-0.2, 0) is 0 Å². The minimum absolute atomic E-state index is 0.0879. The molecule has 0 saturated carbocycles. The zero-order chi connectivity index (χ0) is 16.9. The van der Waals surface area contributed by atoms with Crippen LogP contribution in [0.2, 0.25) is 0 Å². The third-order valence-electron chi connectivity index (χ3n) is 3.18. The number of benzene rings is 1. The van der Waals surface area contributed by atoms with Crippen LogP contribution in [0.5, 0.6) is 11.5 Å². The highest BCUT2D eigenvalue weighted by atomic mass is 32.1. The van der Waals surface area contributed by atoms with Gasteiger partial charge in [0, 0.05) is 18.0 Å². The molecule has 0 bridgehead atoms. The number of hydrogen-bond donors (Lipinski definition) is 2. The fourth-order valence-electron chi connectivity index (χ4n) is 2.09. The van der Waals surface area contributed by atoms with E-state index in [0.717, 1.165) is 11.1 Å². The summed E-state index contributed by atoms with van der Waals surface area (Å²) in [5.74, 6) is 1.06. The Labute approximate surface area is 143 Å². The van der Waals surface area contributed by atoms with Crippen LogP contribution < -0.4 is 4.74 Å². The Morgan fingerprint density at radius 3 is 3.04 bits per heavy atom. The van der Waals surface area contributed by atoms with Crippen LogP contribution in [0.1, 0.15) is 12.5 Å². The zero-order valence-corrected chi connectivity index (χ0v) is 13.7. The van der Waals surface area contributed by atoms with Gasteiger partial charge in [-0.25, -0.2) is 5.10 Å². The van der Waals surface area contributed by atoms with E-state index in [4.69, 9.17) is 17.0 Å². The molecule has 2 aromatic heterocycles. The fourth-order valence-corrected chi connectivity index (χ4v) is 2.27. The van der Waals surface area contributed by atoms with E-state index < -0.39 is 0 Å². The number of aromatic nitrogens is 4. The molecule has 0 atom stereocenters. The zero-order valence-electron chi connectivity index (χ0n) is 12.9. The van der Waals surface area contributed by atoms with Crippen LogP contribution in [0.15, 0.2) is 47.8 Å². The monoisotopic (exact) mass is 341 g/mol. The van der Waals surface area contributed by atoms with Gasteiger partial charge in [0.05, 0.1) is 12.8 Å². The van der Waals surface area contributed by atoms with E-state index in [1.165, 1.54) is 4.68 Å². The van der Waals surface area contributed by atoms with Crippen LogP contribution in [-0.4, -0.2) is 37.8 Å². The molecule has 8 heteroatoms. The molecule has 2 heterocycles. The highest BCUT2D eigenvalue weighted by Crippen LogP contribution is 2.26. The Hall–Kier alpha value is -3.00. The molecule has 7 nitrogen and oxygen atoms in total. The number of ether oxygens (including phenoxy) is 1. The molecule has 0 saturated heterocycles. The summed E-state index contributed by atoms with van der Waals surface area (Å²) in [6, 6.07) is 8.68. The molecule has 24 heavy (non-hydrogen) atoms. The third-order valence-corrected chi connectivity index (χ3v) is 3.44. The number of H-pyrrole nitrogens is 1. The standard InChI is InChI=1S/C16H15N5O2S/c1-2-23-14-8-11(5-6-13(14)22)9-18-21-15(19-20-16(21)24)12-4-3-7-17-10-12/h3-10,22H,2H2,1H3,(H,20,24)/b18-9-. The maximum Gasteiger partial charge on any atom is 0.216 e. The number of aromatic hydroxyl groups is 1. The minimum Gasteiger partial charge on any atom is -0.504 e. The van der Waals surface area contributed by atoms with E-state index in [1.807, 2.05) is 19.1 Å². The Balaban J connectivity index is 1.95. The topological polar surface area (TPSA) is 88.3 Å². The Morgan fingerprint density at radius 2 is 2.29 bits per heavy atom. The number of hydrogen-bond acceptors (Lipinski definition) is 6. The summed E-state index contributed by atoms with van der Waals surface area (Å²) < 4.78 is 7.25. The summed E-state index contributed by atoms with van der Waals surface area (Å²) in [4.78, 5) is 4.07. The average molecular weight is 341 g/mol. The first-order chi connectivity index (χ1) is 11.7. The minimum atomic E-state index is 0.0879. The van der Waals surface area contributed by atoms with Crippen LogP contribution in [0.25, 0.3) is 11.4 Å². The van der Waals surface area contributed by atoms with Gasteiger partial charge in [-0.05, 0) is 55.0 Å². The molecule has 3 aromatic rings. The highest BCUT2D eigenvalue weighted by molar-refractivity contribution is 7.71. The van der Waals surface area contributed by atoms with Crippen LogP contribution in [0.3, 0.4) is 0 Å². The van der Waals surface area contributed by atoms with E-state index in [9.17, 15) is 5.11 Å². The number of nitrogens with one attached hydrogen (secondary N) is 1. The van der Waals surface area contributed by atoms with E-state index in [1.54, 1.807) is 36.8 Å². The first kappa shape index (κ1) is 15.9. The maximum atomic E-state index is 9.74. The van der Waals surface area contributed by atoms with Gasteiger partial charge in [-0.2, -0.15) is 14.9 Å². The lowest BCUT2D eigenvalue weighted by atomic mass is 10.2. The lowest BCUT2D eigenvalue weighted by molar-refractivity contribution is 0.318. The first-order valence-corrected chi connectivity index (χ1v) is 7.68. The quantitative estimate of drug-likeness (QED) is 0.550. The molecular weight excluding hydrogens is 326 g/mol. The lowest BCUT2D eigenvalue weighted by Crippen LogP contribution is -1.96. The number of aromatic amines is 1. The van der Waals surface area contributed by atoms with Crippen molar-refractivity contribution < 1.29 is 9.84 Å². The summed E-state index contributed by atoms with van der Waals surface area (Å²) in [7, 11) is 0. The molecule has 122 valence electrons. The van der Waals surface area contributed by atoms with Gasteiger partial charge in [-0.15, -0.1) is 0 Å². The van der Waals surface area contributed by atoms with Crippen LogP contribution >= 0.6 is 12.2 Å². The van der Waals surface area contributed by atoms with Gasteiger partial charge in [0.15, 0.2) is 17.3 Å².